The molecule has 1 aliphatic carbocycles. The molecule has 132 valence electrons. The van der Waals surface area contributed by atoms with Crippen molar-refractivity contribution in [3.63, 3.8) is 0 Å². The highest BCUT2D eigenvalue weighted by Crippen LogP contribution is 2.42. The predicted octanol–water partition coefficient (Wildman–Crippen LogP) is 4.72. The molecule has 2 aromatic rings. The van der Waals surface area contributed by atoms with E-state index in [1.54, 1.807) is 26.0 Å². The zero-order valence-electron chi connectivity index (χ0n) is 14.2. The van der Waals surface area contributed by atoms with Crippen molar-refractivity contribution in [2.45, 2.75) is 43.6 Å². The van der Waals surface area contributed by atoms with Gasteiger partial charge in [-0.1, -0.05) is 16.8 Å². The van der Waals surface area contributed by atoms with Crippen LogP contribution in [0.4, 0.5) is 0 Å². The molecule has 1 aliphatic rings. The molecular weight excluding hydrogens is 362 g/mol. The molecule has 0 spiro atoms. The van der Waals surface area contributed by atoms with Crippen LogP contribution in [0, 0.1) is 0 Å². The summed E-state index contributed by atoms with van der Waals surface area (Å²) in [6.07, 6.45) is 4.95. The average Bonchev–Trinajstić information content (AvgIpc) is 3.29. The molecule has 0 aliphatic heterocycles. The van der Waals surface area contributed by atoms with Crippen molar-refractivity contribution in [3.05, 3.63) is 45.8 Å². The quantitative estimate of drug-likeness (QED) is 0.410. The number of rotatable bonds is 6. The monoisotopic (exact) mass is 379 g/mol. The number of ketones is 1. The van der Waals surface area contributed by atoms with Gasteiger partial charge < -0.3 is 9.26 Å². The van der Waals surface area contributed by atoms with Crippen molar-refractivity contribution in [1.82, 2.24) is 5.16 Å². The number of benzene rings is 1. The molecule has 25 heavy (non-hydrogen) atoms. The molecule has 0 unspecified atom stereocenters. The maximum atomic E-state index is 12.9. The summed E-state index contributed by atoms with van der Waals surface area (Å²) in [7, 11) is 0. The van der Waals surface area contributed by atoms with E-state index in [1.807, 2.05) is 6.26 Å². The Morgan fingerprint density at radius 2 is 2.04 bits per heavy atom. The smallest absolute Gasteiger partial charge is 0.341 e. The van der Waals surface area contributed by atoms with E-state index in [0.29, 0.717) is 16.2 Å². The summed E-state index contributed by atoms with van der Waals surface area (Å²) < 4.78 is 10.5. The van der Waals surface area contributed by atoms with Crippen molar-refractivity contribution >= 4 is 35.1 Å². The molecule has 3 rings (SSSR count). The maximum Gasteiger partial charge on any atom is 0.341 e. The van der Waals surface area contributed by atoms with Crippen molar-refractivity contribution in [2.24, 2.45) is 0 Å². The van der Waals surface area contributed by atoms with Crippen molar-refractivity contribution in [2.75, 3.05) is 6.26 Å². The fraction of sp³-hybridized carbons (Fsp3) is 0.389. The van der Waals surface area contributed by atoms with Crippen LogP contribution in [-0.4, -0.2) is 29.3 Å². The zero-order chi connectivity index (χ0) is 18.1. The van der Waals surface area contributed by atoms with Gasteiger partial charge in [-0.15, -0.1) is 11.8 Å². The first-order valence-corrected chi connectivity index (χ1v) is 9.61. The zero-order valence-corrected chi connectivity index (χ0v) is 15.7. The van der Waals surface area contributed by atoms with Gasteiger partial charge in [-0.05, 0) is 45.1 Å². The molecule has 1 heterocycles. The van der Waals surface area contributed by atoms with Gasteiger partial charge in [0.25, 0.3) is 0 Å². The van der Waals surface area contributed by atoms with Gasteiger partial charge in [0, 0.05) is 16.4 Å². The predicted molar refractivity (Wildman–Crippen MR) is 95.7 cm³/mol. The van der Waals surface area contributed by atoms with Crippen LogP contribution >= 0.6 is 23.4 Å². The normalized spacial score (nSPS) is 14.0. The highest BCUT2D eigenvalue weighted by atomic mass is 35.5. The van der Waals surface area contributed by atoms with Gasteiger partial charge >= 0.3 is 5.97 Å². The molecule has 1 aromatic heterocycles. The number of carbonyl (C=O) groups is 2. The Balaban J connectivity index is 2.03. The highest BCUT2D eigenvalue weighted by molar-refractivity contribution is 7.98. The number of nitrogens with zero attached hydrogens (tertiary/aromatic N) is 1. The third-order valence-electron chi connectivity index (χ3n) is 3.91. The summed E-state index contributed by atoms with van der Waals surface area (Å²) >= 11 is 7.82. The van der Waals surface area contributed by atoms with Crippen molar-refractivity contribution < 1.29 is 18.8 Å². The Kier molecular flexibility index (Phi) is 5.20. The summed E-state index contributed by atoms with van der Waals surface area (Å²) in [5.41, 5.74) is 0.878. The van der Waals surface area contributed by atoms with E-state index in [4.69, 9.17) is 20.9 Å². The minimum absolute atomic E-state index is 0.102. The molecule has 0 radical (unpaired) electrons. The minimum atomic E-state index is -0.535. The van der Waals surface area contributed by atoms with E-state index in [1.165, 1.54) is 18.0 Å². The largest absolute Gasteiger partial charge is 0.459 e. The summed E-state index contributed by atoms with van der Waals surface area (Å²) in [5.74, 6) is 0.0172. The standard InChI is InChI=1S/C18H18ClNO4S/c1-9(2)23-18(22)14-13(25-3)7-6-11(15(14)19)16(21)12-8-20-24-17(12)10-4-5-10/h6-10H,4-5H2,1-3H3. The summed E-state index contributed by atoms with van der Waals surface area (Å²) in [6.45, 7) is 3.53. The van der Waals surface area contributed by atoms with Gasteiger partial charge in [-0.3, -0.25) is 4.79 Å². The van der Waals surface area contributed by atoms with E-state index < -0.39 is 5.97 Å². The Labute approximate surface area is 155 Å². The van der Waals surface area contributed by atoms with Gasteiger partial charge in [0.2, 0.25) is 0 Å². The Bertz CT molecular complexity index is 826. The Morgan fingerprint density at radius 3 is 2.64 bits per heavy atom. The molecule has 0 amide bonds. The summed E-state index contributed by atoms with van der Waals surface area (Å²) in [5, 5.41) is 3.86. The second-order valence-corrected chi connectivity index (χ2v) is 7.39. The number of aromatic nitrogens is 1. The third-order valence-corrected chi connectivity index (χ3v) is 5.08. The van der Waals surface area contributed by atoms with E-state index in [2.05, 4.69) is 5.16 Å². The van der Waals surface area contributed by atoms with Crippen LogP contribution < -0.4 is 0 Å². The van der Waals surface area contributed by atoms with Crippen LogP contribution in [0.5, 0.6) is 0 Å². The first-order chi connectivity index (χ1) is 11.9. The van der Waals surface area contributed by atoms with Crippen LogP contribution in [0.1, 0.15) is 64.6 Å². The first-order valence-electron chi connectivity index (χ1n) is 8.00. The lowest BCUT2D eigenvalue weighted by molar-refractivity contribution is 0.0374. The molecule has 7 heteroatoms. The molecule has 0 N–H and O–H groups in total. The van der Waals surface area contributed by atoms with Crippen molar-refractivity contribution in [3.8, 4) is 0 Å². The van der Waals surface area contributed by atoms with Crippen LogP contribution in [-0.2, 0) is 4.74 Å². The number of esters is 1. The van der Waals surface area contributed by atoms with Gasteiger partial charge in [0.1, 0.15) is 0 Å². The fourth-order valence-electron chi connectivity index (χ4n) is 2.57. The maximum absolute atomic E-state index is 12.9. The van der Waals surface area contributed by atoms with E-state index in [-0.39, 0.29) is 34.0 Å². The number of hydrogen-bond donors (Lipinski definition) is 0. The third kappa shape index (κ3) is 3.60. The van der Waals surface area contributed by atoms with Gasteiger partial charge in [0.05, 0.1) is 28.5 Å². The SMILES string of the molecule is CSc1ccc(C(=O)c2cnoc2C2CC2)c(Cl)c1C(=O)OC(C)C. The lowest BCUT2D eigenvalue weighted by Gasteiger charge is -2.14. The van der Waals surface area contributed by atoms with Gasteiger partial charge in [0.15, 0.2) is 11.5 Å². The van der Waals surface area contributed by atoms with Crippen molar-refractivity contribution in [1.29, 1.82) is 0 Å². The highest BCUT2D eigenvalue weighted by Gasteiger charge is 2.34. The Hall–Kier alpha value is -1.79. The number of thioether (sulfide) groups is 1. The van der Waals surface area contributed by atoms with Gasteiger partial charge in [-0.2, -0.15) is 0 Å². The molecular formula is C18H18ClNO4S. The van der Waals surface area contributed by atoms with E-state index in [0.717, 1.165) is 12.8 Å². The van der Waals surface area contributed by atoms with Crippen LogP contribution in [0.25, 0.3) is 0 Å². The van der Waals surface area contributed by atoms with E-state index >= 15 is 0 Å². The molecule has 5 nitrogen and oxygen atoms in total. The number of ether oxygens (including phenoxy) is 1. The lowest BCUT2D eigenvalue weighted by atomic mass is 10.0. The average molecular weight is 380 g/mol. The number of hydrogen-bond acceptors (Lipinski definition) is 6. The lowest BCUT2D eigenvalue weighted by Crippen LogP contribution is -2.15. The topological polar surface area (TPSA) is 69.4 Å². The fourth-order valence-corrected chi connectivity index (χ4v) is 3.55. The number of carbonyl (C=O) groups excluding carboxylic acids is 2. The molecule has 0 bridgehead atoms. The van der Waals surface area contributed by atoms with E-state index in [9.17, 15) is 9.59 Å². The Morgan fingerprint density at radius 1 is 1.32 bits per heavy atom. The number of halogens is 1. The van der Waals surface area contributed by atoms with Crippen LogP contribution in [0.3, 0.4) is 0 Å². The molecule has 0 atom stereocenters. The summed E-state index contributed by atoms with van der Waals surface area (Å²) in [6, 6.07) is 3.34. The first kappa shape index (κ1) is 18.0. The second kappa shape index (κ2) is 7.22. The molecule has 1 fully saturated rings. The second-order valence-electron chi connectivity index (χ2n) is 6.17. The minimum Gasteiger partial charge on any atom is -0.459 e. The summed E-state index contributed by atoms with van der Waals surface area (Å²) in [4.78, 5) is 26.0. The molecule has 1 saturated carbocycles. The molecule has 1 aromatic carbocycles. The van der Waals surface area contributed by atoms with Crippen LogP contribution in [0.15, 0.2) is 27.7 Å². The van der Waals surface area contributed by atoms with Gasteiger partial charge in [-0.25, -0.2) is 4.79 Å². The molecule has 0 saturated heterocycles. The van der Waals surface area contributed by atoms with Crippen LogP contribution in [0.2, 0.25) is 5.02 Å².